The number of amides is 3. The number of carboxylic acids is 1. The summed E-state index contributed by atoms with van der Waals surface area (Å²) in [6.45, 7) is 5.73. The molecular weight excluding hydrogens is 1220 g/mol. The van der Waals surface area contributed by atoms with Crippen LogP contribution in [0, 0.1) is 51.4 Å². The van der Waals surface area contributed by atoms with Crippen LogP contribution in [0.2, 0.25) is 0 Å². The van der Waals surface area contributed by atoms with Crippen LogP contribution in [0.1, 0.15) is 85.6 Å². The number of carbonyl (C=O) groups excluding carboxylic acids is 4. The number of fused-ring (bicyclic) bond motifs is 2. The van der Waals surface area contributed by atoms with Crippen LogP contribution in [-0.4, -0.2) is 119 Å². The van der Waals surface area contributed by atoms with E-state index in [4.69, 9.17) is 36.1 Å². The van der Waals surface area contributed by atoms with Crippen molar-refractivity contribution >= 4 is 69.6 Å². The monoisotopic (exact) mass is 1280 g/mol. The molecule has 0 unspecified atom stereocenters. The smallest absolute Gasteiger partial charge is 0.359 e. The minimum atomic E-state index is -1.40. The van der Waals surface area contributed by atoms with Crippen molar-refractivity contribution in [3.63, 3.8) is 0 Å². The van der Waals surface area contributed by atoms with Gasteiger partial charge in [0.1, 0.15) is 24.3 Å². The number of anilines is 2. The summed E-state index contributed by atoms with van der Waals surface area (Å²) in [5, 5.41) is 51.2. The van der Waals surface area contributed by atoms with Crippen molar-refractivity contribution < 1.29 is 56.5 Å². The molecular formula is C58H54BrClF3N15O9. The molecule has 0 fully saturated rings. The molecule has 0 aliphatic carbocycles. The Kier molecular flexibility index (Phi) is 24.8. The first-order chi connectivity index (χ1) is 41.2. The first-order valence-corrected chi connectivity index (χ1v) is 26.8. The lowest BCUT2D eigenvalue weighted by atomic mass is 10.1. The number of aromatic amines is 1. The number of likely N-dealkylation sites (N-methyl/N-ethyl adjacent to an activating group) is 2. The van der Waals surface area contributed by atoms with E-state index < -0.39 is 70.8 Å². The number of pyridine rings is 2. The number of nitrogens with two attached hydrogens (primary N) is 1. The van der Waals surface area contributed by atoms with Crippen LogP contribution in [0.5, 0.6) is 11.5 Å². The van der Waals surface area contributed by atoms with Crippen molar-refractivity contribution in [2.75, 3.05) is 30.5 Å². The second-order valence-electron chi connectivity index (χ2n) is 18.3. The average molecular weight is 1280 g/mol. The van der Waals surface area contributed by atoms with E-state index in [0.717, 1.165) is 35.0 Å². The Bertz CT molecular complexity index is 3810. The molecule has 0 saturated carbocycles. The average Bonchev–Trinajstić information content (AvgIpc) is 2.15. The number of benzene rings is 3. The Balaban J connectivity index is 0.000000214. The summed E-state index contributed by atoms with van der Waals surface area (Å²) in [5.74, 6) is -4.10. The second-order valence-corrected chi connectivity index (χ2v) is 18.9. The highest BCUT2D eigenvalue weighted by Gasteiger charge is 2.38. The molecule has 24 nitrogen and oxygen atoms in total. The van der Waals surface area contributed by atoms with E-state index in [0.29, 0.717) is 39.8 Å². The highest BCUT2D eigenvalue weighted by Crippen LogP contribution is 2.31. The number of carboxylic acid groups (broad SMARTS) is 1. The molecule has 5 aromatic heterocycles. The number of rotatable bonds is 10. The lowest BCUT2D eigenvalue weighted by molar-refractivity contribution is -0.122. The van der Waals surface area contributed by atoms with E-state index >= 15 is 0 Å². The Morgan fingerprint density at radius 3 is 1.59 bits per heavy atom. The number of carbonyl (C=O) groups is 5. The van der Waals surface area contributed by atoms with Gasteiger partial charge in [-0.05, 0) is 98.1 Å². The molecule has 0 bridgehead atoms. The van der Waals surface area contributed by atoms with Crippen molar-refractivity contribution in [3.8, 4) is 29.7 Å². The minimum absolute atomic E-state index is 0. The van der Waals surface area contributed by atoms with Gasteiger partial charge in [-0.2, -0.15) is 31.1 Å². The third kappa shape index (κ3) is 18.0. The van der Waals surface area contributed by atoms with Gasteiger partial charge in [-0.3, -0.25) is 38.6 Å². The highest BCUT2D eigenvalue weighted by molar-refractivity contribution is 9.08. The topological polar surface area (TPSA) is 339 Å². The van der Waals surface area contributed by atoms with Crippen LogP contribution < -0.4 is 30.3 Å². The van der Waals surface area contributed by atoms with E-state index in [2.05, 4.69) is 62.4 Å². The highest BCUT2D eigenvalue weighted by atomic mass is 79.9. The van der Waals surface area contributed by atoms with Crippen LogP contribution in [0.15, 0.2) is 128 Å². The lowest BCUT2D eigenvalue weighted by Crippen LogP contribution is -2.53. The minimum Gasteiger partial charge on any atom is -0.485 e. The van der Waals surface area contributed by atoms with Gasteiger partial charge in [0.05, 0.1) is 73.2 Å². The summed E-state index contributed by atoms with van der Waals surface area (Å²) in [6, 6.07) is 32.2. The molecule has 450 valence electrons. The van der Waals surface area contributed by atoms with E-state index in [1.807, 2.05) is 36.4 Å². The molecule has 3 amide bonds. The predicted molar refractivity (Wildman–Crippen MR) is 312 cm³/mol. The SMILES string of the molecule is CCOC(=O)c1[nH]ncc1F.C[C@H]1Oc2cccnc2N(C)C(=O)[C@H]1N.C[C@H]1Oc2cccnc2N(C)C(=O)[C@H]1NC(=O)c1nn(Cc2ccc(C#N)cc2)cc1F.Cl.N#Cc1ccc(CBr)cc1.N#Cc1ccc(Cn2cc(F)c(C(=O)O)n2)cc1. The molecule has 2 aliphatic heterocycles. The fraction of sp³-hybridized carbons (Fsp3) is 0.224. The van der Waals surface area contributed by atoms with Crippen molar-refractivity contribution in [3.05, 3.63) is 196 Å². The summed E-state index contributed by atoms with van der Waals surface area (Å²) in [6.07, 6.45) is 5.15. The number of hydrogen-bond acceptors (Lipinski definition) is 17. The maximum Gasteiger partial charge on any atom is 0.359 e. The molecule has 10 rings (SSSR count). The van der Waals surface area contributed by atoms with Gasteiger partial charge in [0.2, 0.25) is 11.6 Å². The largest absolute Gasteiger partial charge is 0.485 e. The van der Waals surface area contributed by atoms with Gasteiger partial charge in [-0.1, -0.05) is 52.3 Å². The number of alkyl halides is 1. The Labute approximate surface area is 510 Å². The van der Waals surface area contributed by atoms with Gasteiger partial charge < -0.3 is 30.4 Å². The number of ether oxygens (including phenoxy) is 3. The van der Waals surface area contributed by atoms with E-state index in [-0.39, 0.29) is 49.8 Å². The number of hydrogen-bond donors (Lipinski definition) is 4. The lowest BCUT2D eigenvalue weighted by Gasteiger charge is -2.23. The molecule has 5 N–H and O–H groups in total. The van der Waals surface area contributed by atoms with E-state index in [9.17, 15) is 37.1 Å². The number of halogens is 5. The fourth-order valence-corrected chi connectivity index (χ4v) is 8.08. The number of nitrogens with one attached hydrogen (secondary N) is 2. The third-order valence-corrected chi connectivity index (χ3v) is 12.9. The van der Waals surface area contributed by atoms with Gasteiger partial charge in [-0.15, -0.1) is 12.4 Å². The maximum atomic E-state index is 14.5. The summed E-state index contributed by atoms with van der Waals surface area (Å²) in [4.78, 5) is 69.9. The fourth-order valence-electron chi connectivity index (χ4n) is 7.71. The molecule has 0 radical (unpaired) electrons. The normalized spacial score (nSPS) is 15.2. The summed E-state index contributed by atoms with van der Waals surface area (Å²) < 4.78 is 58.6. The molecule has 0 saturated heterocycles. The molecule has 3 aromatic carbocycles. The van der Waals surface area contributed by atoms with Crippen molar-refractivity contribution in [1.82, 2.24) is 45.0 Å². The molecule has 7 heterocycles. The standard InChI is InChI=1S/C22H19FN6O3.C12H8FN3O2.C10H13N3O2.C8H6BrN.C6H7FN2O2.ClH/c1-13-18(22(31)28(2)20-17(32-13)4-3-9-25-20)26-21(30)19-16(23)12-29(27-19)11-15-7-5-14(10-24)6-8-15;13-10-7-16(15-11(10)12(17)18)6-9-3-1-8(5-14)2-4-9;1-6-8(11)10(14)13(2)9-7(15-6)4-3-5-12-9;9-5-7-1-3-8(6-10)4-2-7;1-2-11-6(10)5-4(7)3-8-9-5;/h3-9,12-13,18H,11H2,1-2H3,(H,26,30);1-4,7H,6H2,(H,17,18);3-6,8H,11H2,1-2H3;1-4H,5H2;3H,2H2,1H3,(H,8,9);1H/t13-,18+;;6-,8+;;;/m1.1.../s1. The van der Waals surface area contributed by atoms with E-state index in [1.54, 1.807) is 107 Å². The van der Waals surface area contributed by atoms with Crippen LogP contribution in [0.4, 0.5) is 24.8 Å². The summed E-state index contributed by atoms with van der Waals surface area (Å²) in [7, 11) is 3.18. The van der Waals surface area contributed by atoms with Gasteiger partial charge in [-0.25, -0.2) is 32.7 Å². The number of aromatic nitrogens is 8. The molecule has 87 heavy (non-hydrogen) atoms. The Hall–Kier alpha value is -10.5. The zero-order chi connectivity index (χ0) is 62.6. The first kappa shape index (κ1) is 67.3. The zero-order valence-electron chi connectivity index (χ0n) is 46.8. The maximum absolute atomic E-state index is 14.5. The number of nitriles is 3. The molecule has 0 spiro atoms. The van der Waals surface area contributed by atoms with Crippen molar-refractivity contribution in [1.29, 1.82) is 15.8 Å². The third-order valence-electron chi connectivity index (χ3n) is 12.3. The van der Waals surface area contributed by atoms with Gasteiger partial charge >= 0.3 is 11.9 Å². The van der Waals surface area contributed by atoms with Crippen LogP contribution in [0.25, 0.3) is 0 Å². The zero-order valence-corrected chi connectivity index (χ0v) is 49.2. The number of nitrogens with zero attached hydrogens (tertiary/aromatic N) is 12. The van der Waals surface area contributed by atoms with Crippen LogP contribution >= 0.6 is 28.3 Å². The molecule has 2 aliphatic rings. The second kappa shape index (κ2) is 32.0. The predicted octanol–water partition coefficient (Wildman–Crippen LogP) is 7.27. The Morgan fingerprint density at radius 1 is 0.713 bits per heavy atom. The van der Waals surface area contributed by atoms with Crippen LogP contribution in [-0.2, 0) is 32.7 Å². The Morgan fingerprint density at radius 2 is 1.16 bits per heavy atom. The molecule has 29 heteroatoms. The van der Waals surface area contributed by atoms with Gasteiger partial charge in [0.15, 0.2) is 52.0 Å². The molecule has 4 atom stereocenters. The quantitative estimate of drug-likeness (QED) is 0.0772. The number of esters is 1. The van der Waals surface area contributed by atoms with Gasteiger partial charge in [0, 0.05) is 31.8 Å². The van der Waals surface area contributed by atoms with Crippen molar-refractivity contribution in [2.45, 2.75) is 63.5 Å². The first-order valence-electron chi connectivity index (χ1n) is 25.6. The van der Waals surface area contributed by atoms with E-state index in [1.165, 1.54) is 38.0 Å². The molecule has 8 aromatic rings. The summed E-state index contributed by atoms with van der Waals surface area (Å²) >= 11 is 3.32. The number of aromatic carboxylic acids is 1. The number of H-pyrrole nitrogens is 1. The van der Waals surface area contributed by atoms with Gasteiger partial charge in [0.25, 0.3) is 11.8 Å². The van der Waals surface area contributed by atoms with Crippen molar-refractivity contribution in [2.24, 2.45) is 5.73 Å². The summed E-state index contributed by atoms with van der Waals surface area (Å²) in [5.41, 5.74) is 9.02. The van der Waals surface area contributed by atoms with Crippen LogP contribution in [0.3, 0.4) is 0 Å².